The van der Waals surface area contributed by atoms with E-state index >= 15 is 0 Å². The zero-order valence-corrected chi connectivity index (χ0v) is 30.8. The number of unbranched alkanes of at least 4 members (excludes halogenated alkanes) is 4. The van der Waals surface area contributed by atoms with E-state index < -0.39 is 30.5 Å². The molecule has 0 saturated carbocycles. The van der Waals surface area contributed by atoms with Crippen LogP contribution < -0.4 is 27.3 Å². The van der Waals surface area contributed by atoms with Crippen LogP contribution in [0, 0.1) is 0 Å². The Balaban J connectivity index is 1.17. The molecular weight excluding hydrogens is 684 g/mol. The summed E-state index contributed by atoms with van der Waals surface area (Å²) in [5, 5.41) is 24.4. The van der Waals surface area contributed by atoms with Crippen molar-refractivity contribution in [2.75, 3.05) is 50.9 Å². The van der Waals surface area contributed by atoms with Gasteiger partial charge in [0.15, 0.2) is 12.2 Å². The van der Waals surface area contributed by atoms with E-state index in [0.29, 0.717) is 38.3 Å². The first-order valence-electron chi connectivity index (χ1n) is 18.2. The molecule has 13 heteroatoms. The minimum Gasteiger partial charge on any atom is -0.492 e. The molecule has 284 valence electrons. The maximum atomic E-state index is 12.5. The summed E-state index contributed by atoms with van der Waals surface area (Å²) >= 11 is 6.01. The van der Waals surface area contributed by atoms with Crippen molar-refractivity contribution in [1.82, 2.24) is 10.2 Å². The third-order valence-corrected chi connectivity index (χ3v) is 9.26. The van der Waals surface area contributed by atoms with Gasteiger partial charge in [0.25, 0.3) is 5.91 Å². The van der Waals surface area contributed by atoms with Crippen LogP contribution in [0.3, 0.4) is 0 Å². The molecule has 0 bridgehead atoms. The van der Waals surface area contributed by atoms with Gasteiger partial charge >= 0.3 is 0 Å². The number of rotatable bonds is 20. The van der Waals surface area contributed by atoms with Crippen molar-refractivity contribution in [2.45, 2.75) is 82.9 Å². The highest BCUT2D eigenvalue weighted by Gasteiger charge is 2.33. The average molecular weight is 739 g/mol. The number of amides is 1. The van der Waals surface area contributed by atoms with E-state index in [0.717, 1.165) is 56.4 Å². The van der Waals surface area contributed by atoms with Gasteiger partial charge in [0, 0.05) is 37.3 Å². The highest BCUT2D eigenvalue weighted by molar-refractivity contribution is 6.33. The van der Waals surface area contributed by atoms with Gasteiger partial charge in [-0.2, -0.15) is 0 Å². The number of halogens is 1. The molecule has 1 aliphatic rings. The number of aliphatic hydroxyl groups is 2. The molecule has 0 aromatic heterocycles. The standard InChI is InChI=1S/C39H55ClN6O6/c1-2-3-4-10-19-46(25-29(47)22-36-35(48)26-51-38(52-36)28-12-6-5-7-13-28)20-21-50-30-16-14-27(15-17-30)11-8-9-18-44-39(43)45-37(49)31-23-32(40)34(42)24-33(31)41/h5-7,12-17,23-24,29,35-36,38,47-48H,2-4,8-11,18-22,25-26,41-42H2,1H3,(H3,43,44,45,49)/t29-,35-,36+,38?/m1/s1. The Labute approximate surface area is 312 Å². The number of nitrogens with two attached hydrogens (primary N) is 3. The Morgan fingerprint density at radius 3 is 2.56 bits per heavy atom. The fourth-order valence-electron chi connectivity index (χ4n) is 5.99. The fourth-order valence-corrected chi connectivity index (χ4v) is 6.15. The van der Waals surface area contributed by atoms with E-state index in [-0.39, 0.29) is 28.8 Å². The Kier molecular flexibility index (Phi) is 17.0. The molecule has 3 aromatic rings. The van der Waals surface area contributed by atoms with Crippen molar-refractivity contribution in [3.63, 3.8) is 0 Å². The van der Waals surface area contributed by atoms with Gasteiger partial charge in [-0.3, -0.25) is 20.0 Å². The lowest BCUT2D eigenvalue weighted by molar-refractivity contribution is -0.261. The van der Waals surface area contributed by atoms with E-state index in [4.69, 9.17) is 43.0 Å². The van der Waals surface area contributed by atoms with Gasteiger partial charge in [-0.15, -0.1) is 0 Å². The lowest BCUT2D eigenvalue weighted by Crippen LogP contribution is -2.44. The summed E-state index contributed by atoms with van der Waals surface area (Å²) in [7, 11) is 0. The molecule has 4 atom stereocenters. The second-order valence-corrected chi connectivity index (χ2v) is 13.6. The van der Waals surface area contributed by atoms with Gasteiger partial charge in [0.1, 0.15) is 18.5 Å². The van der Waals surface area contributed by atoms with Crippen LogP contribution >= 0.6 is 11.6 Å². The fraction of sp³-hybridized carbons (Fsp3) is 0.487. The van der Waals surface area contributed by atoms with Crippen LogP contribution in [-0.4, -0.2) is 84.7 Å². The second-order valence-electron chi connectivity index (χ2n) is 13.2. The smallest absolute Gasteiger partial charge is 0.260 e. The van der Waals surface area contributed by atoms with E-state index in [9.17, 15) is 15.0 Å². The van der Waals surface area contributed by atoms with Gasteiger partial charge < -0.3 is 41.6 Å². The Morgan fingerprint density at radius 2 is 1.81 bits per heavy atom. The van der Waals surface area contributed by atoms with Crippen LogP contribution in [0.1, 0.15) is 79.6 Å². The summed E-state index contributed by atoms with van der Waals surface area (Å²) in [6.07, 6.45) is 4.82. The minimum atomic E-state index is -0.798. The SMILES string of the molecule is CCCCCCN(CCOc1ccc(CCCCN=C(N)NC(=O)c2cc(Cl)c(N)cc2N)cc1)C[C@H](O)C[C@@H]1OC(c2ccccc2)OC[C@H]1O. The Morgan fingerprint density at radius 1 is 1.04 bits per heavy atom. The van der Waals surface area contributed by atoms with Crippen LogP contribution in [0.5, 0.6) is 5.75 Å². The molecule has 1 amide bonds. The van der Waals surface area contributed by atoms with Gasteiger partial charge in [0.05, 0.1) is 35.1 Å². The monoisotopic (exact) mass is 738 g/mol. The van der Waals surface area contributed by atoms with Crippen molar-refractivity contribution in [2.24, 2.45) is 10.7 Å². The molecule has 1 fully saturated rings. The van der Waals surface area contributed by atoms with Crippen molar-refractivity contribution in [3.8, 4) is 5.75 Å². The highest BCUT2D eigenvalue weighted by atomic mass is 35.5. The molecule has 0 aliphatic carbocycles. The number of aliphatic hydroxyl groups excluding tert-OH is 2. The predicted octanol–water partition coefficient (Wildman–Crippen LogP) is 5.06. The van der Waals surface area contributed by atoms with Crippen LogP contribution in [0.2, 0.25) is 5.02 Å². The van der Waals surface area contributed by atoms with Gasteiger partial charge in [-0.05, 0) is 62.1 Å². The number of ether oxygens (including phenoxy) is 3. The summed E-state index contributed by atoms with van der Waals surface area (Å²) in [4.78, 5) is 19.0. The number of guanidine groups is 1. The summed E-state index contributed by atoms with van der Waals surface area (Å²) in [6, 6.07) is 20.6. The van der Waals surface area contributed by atoms with Crippen LogP contribution in [0.15, 0.2) is 71.7 Å². The molecule has 1 unspecified atom stereocenters. The number of nitrogens with zero attached hydrogens (tertiary/aromatic N) is 2. The third kappa shape index (κ3) is 13.6. The second kappa shape index (κ2) is 21.6. The summed E-state index contributed by atoms with van der Waals surface area (Å²) in [6.45, 7) is 5.29. The van der Waals surface area contributed by atoms with Crippen LogP contribution in [0.4, 0.5) is 11.4 Å². The van der Waals surface area contributed by atoms with Crippen molar-refractivity contribution in [3.05, 3.63) is 88.4 Å². The summed E-state index contributed by atoms with van der Waals surface area (Å²) in [5.41, 5.74) is 20.2. The van der Waals surface area contributed by atoms with Crippen molar-refractivity contribution >= 4 is 34.8 Å². The molecule has 4 rings (SSSR count). The molecule has 52 heavy (non-hydrogen) atoms. The predicted molar refractivity (Wildman–Crippen MR) is 206 cm³/mol. The molecule has 3 aromatic carbocycles. The Hall–Kier alpha value is -3.91. The molecule has 0 radical (unpaired) electrons. The van der Waals surface area contributed by atoms with Crippen LogP contribution in [0.25, 0.3) is 0 Å². The van der Waals surface area contributed by atoms with E-state index in [2.05, 4.69) is 34.3 Å². The van der Waals surface area contributed by atoms with E-state index in [1.54, 1.807) is 0 Å². The normalized spacial score (nSPS) is 18.3. The third-order valence-electron chi connectivity index (χ3n) is 8.93. The first-order chi connectivity index (χ1) is 25.1. The number of anilines is 2. The topological polar surface area (TPSA) is 191 Å². The number of aliphatic imine (C=N–C) groups is 1. The zero-order chi connectivity index (χ0) is 37.3. The number of hydrogen-bond donors (Lipinski definition) is 6. The van der Waals surface area contributed by atoms with Crippen molar-refractivity contribution in [1.29, 1.82) is 0 Å². The number of carbonyl (C=O) groups is 1. The minimum absolute atomic E-state index is 0.0111. The first-order valence-corrected chi connectivity index (χ1v) is 18.6. The van der Waals surface area contributed by atoms with E-state index in [1.165, 1.54) is 24.1 Å². The number of nitrogen functional groups attached to an aromatic ring is 2. The average Bonchev–Trinajstić information content (AvgIpc) is 3.13. The number of benzene rings is 3. The molecule has 1 heterocycles. The zero-order valence-electron chi connectivity index (χ0n) is 30.1. The lowest BCUT2D eigenvalue weighted by atomic mass is 10.0. The quantitative estimate of drug-likeness (QED) is 0.0396. The molecule has 12 nitrogen and oxygen atoms in total. The Bertz CT molecular complexity index is 1550. The molecule has 1 saturated heterocycles. The maximum absolute atomic E-state index is 12.5. The largest absolute Gasteiger partial charge is 0.492 e. The summed E-state index contributed by atoms with van der Waals surface area (Å²) in [5.74, 6) is 0.299. The van der Waals surface area contributed by atoms with Crippen LogP contribution in [-0.2, 0) is 15.9 Å². The lowest BCUT2D eigenvalue weighted by Gasteiger charge is -2.36. The molecule has 0 spiro atoms. The first kappa shape index (κ1) is 40.9. The van der Waals surface area contributed by atoms with Gasteiger partial charge in [-0.25, -0.2) is 0 Å². The molecule has 9 N–H and O–H groups in total. The number of hydrogen-bond acceptors (Lipinski definition) is 10. The van der Waals surface area contributed by atoms with E-state index in [1.807, 2.05) is 42.5 Å². The van der Waals surface area contributed by atoms with Gasteiger partial charge in [-0.1, -0.05) is 80.3 Å². The molecular formula is C39H55ClN6O6. The maximum Gasteiger partial charge on any atom is 0.260 e. The highest BCUT2D eigenvalue weighted by Crippen LogP contribution is 2.29. The summed E-state index contributed by atoms with van der Waals surface area (Å²) < 4.78 is 17.9. The number of carbonyl (C=O) groups excluding carboxylic acids is 1. The molecule has 1 aliphatic heterocycles. The van der Waals surface area contributed by atoms with Crippen molar-refractivity contribution < 1.29 is 29.2 Å². The van der Waals surface area contributed by atoms with Gasteiger partial charge in [0.2, 0.25) is 0 Å². The number of aryl methyl sites for hydroxylation is 1. The number of nitrogens with one attached hydrogen (secondary N) is 1.